The third kappa shape index (κ3) is 2.07. The molecule has 0 aromatic heterocycles. The van der Waals surface area contributed by atoms with E-state index in [-0.39, 0.29) is 18.3 Å². The summed E-state index contributed by atoms with van der Waals surface area (Å²) in [7, 11) is 1.71. The minimum atomic E-state index is 0.0290. The maximum Gasteiger partial charge on any atom is 0.168 e. The topological polar surface area (TPSA) is 49.0 Å². The molecule has 3 aliphatic rings. The van der Waals surface area contributed by atoms with E-state index >= 15 is 0 Å². The van der Waals surface area contributed by atoms with Crippen molar-refractivity contribution in [3.05, 3.63) is 16.7 Å². The van der Waals surface area contributed by atoms with Crippen molar-refractivity contribution in [2.24, 2.45) is 0 Å². The lowest BCUT2D eigenvalue weighted by Gasteiger charge is -2.27. The number of rotatable bonds is 2. The van der Waals surface area contributed by atoms with Crippen molar-refractivity contribution in [1.82, 2.24) is 5.32 Å². The zero-order chi connectivity index (χ0) is 15.3. The molecule has 1 aromatic carbocycles. The number of morpholine rings is 1. The largest absolute Gasteiger partial charge is 0.492 e. The second-order valence-corrected chi connectivity index (χ2v) is 6.39. The Morgan fingerprint density at radius 1 is 1.05 bits per heavy atom. The molecule has 0 radical (unpaired) electrons. The molecule has 5 nitrogen and oxygen atoms in total. The van der Waals surface area contributed by atoms with Crippen LogP contribution in [0.3, 0.4) is 0 Å². The molecule has 0 amide bonds. The van der Waals surface area contributed by atoms with E-state index in [0.717, 1.165) is 55.4 Å². The van der Waals surface area contributed by atoms with Gasteiger partial charge in [0.1, 0.15) is 18.0 Å². The van der Waals surface area contributed by atoms with Crippen LogP contribution in [0.25, 0.3) is 0 Å². The molecule has 0 bridgehead atoms. The van der Waals surface area contributed by atoms with Gasteiger partial charge in [0.15, 0.2) is 11.5 Å². The quantitative estimate of drug-likeness (QED) is 0.905. The van der Waals surface area contributed by atoms with E-state index in [2.05, 4.69) is 19.2 Å². The highest BCUT2D eigenvalue weighted by Crippen LogP contribution is 2.53. The minimum absolute atomic E-state index is 0.0290. The van der Waals surface area contributed by atoms with E-state index in [0.29, 0.717) is 0 Å². The van der Waals surface area contributed by atoms with E-state index < -0.39 is 0 Å². The van der Waals surface area contributed by atoms with Gasteiger partial charge in [-0.25, -0.2) is 0 Å². The van der Waals surface area contributed by atoms with Crippen LogP contribution < -0.4 is 19.5 Å². The maximum atomic E-state index is 6.15. The average molecular weight is 305 g/mol. The first kappa shape index (κ1) is 14.2. The molecule has 1 fully saturated rings. The van der Waals surface area contributed by atoms with Crippen LogP contribution in [-0.4, -0.2) is 39.0 Å². The molecule has 22 heavy (non-hydrogen) atoms. The fraction of sp³-hybridized carbons (Fsp3) is 0.647. The zero-order valence-electron chi connectivity index (χ0n) is 13.4. The predicted octanol–water partition coefficient (Wildman–Crippen LogP) is 2.00. The van der Waals surface area contributed by atoms with Crippen LogP contribution in [0.4, 0.5) is 0 Å². The minimum Gasteiger partial charge on any atom is -0.492 e. The molecule has 3 heterocycles. The van der Waals surface area contributed by atoms with Crippen molar-refractivity contribution in [3.8, 4) is 17.2 Å². The van der Waals surface area contributed by atoms with Crippen LogP contribution in [-0.2, 0) is 17.6 Å². The lowest BCUT2D eigenvalue weighted by molar-refractivity contribution is 0.0252. The first-order valence-electron chi connectivity index (χ1n) is 8.10. The molecule has 4 rings (SSSR count). The number of fused-ring (bicyclic) bond motifs is 2. The zero-order valence-corrected chi connectivity index (χ0v) is 13.4. The van der Waals surface area contributed by atoms with Crippen molar-refractivity contribution < 1.29 is 18.9 Å². The Balaban J connectivity index is 1.90. The molecule has 3 atom stereocenters. The second-order valence-electron chi connectivity index (χ2n) is 6.39. The Bertz CT molecular complexity index is 556. The first-order chi connectivity index (χ1) is 10.7. The van der Waals surface area contributed by atoms with Gasteiger partial charge in [-0.3, -0.25) is 0 Å². The lowest BCUT2D eigenvalue weighted by Crippen LogP contribution is -2.34. The average Bonchev–Trinajstić information content (AvgIpc) is 3.07. The highest BCUT2D eigenvalue weighted by molar-refractivity contribution is 5.66. The normalized spacial score (nSPS) is 29.5. The summed E-state index contributed by atoms with van der Waals surface area (Å²) in [5.74, 6) is 2.72. The van der Waals surface area contributed by atoms with Crippen molar-refractivity contribution in [2.75, 3.05) is 26.8 Å². The summed E-state index contributed by atoms with van der Waals surface area (Å²) in [6, 6.07) is 0. The van der Waals surface area contributed by atoms with E-state index in [1.165, 1.54) is 11.1 Å². The number of hydrogen-bond donors (Lipinski definition) is 1. The molecule has 1 N–H and O–H groups in total. The van der Waals surface area contributed by atoms with Gasteiger partial charge in [-0.1, -0.05) is 0 Å². The molecule has 0 saturated carbocycles. The summed E-state index contributed by atoms with van der Waals surface area (Å²) in [5, 5.41) is 3.41. The summed E-state index contributed by atoms with van der Waals surface area (Å²) in [6.07, 6.45) is 2.10. The summed E-state index contributed by atoms with van der Waals surface area (Å²) >= 11 is 0. The fourth-order valence-corrected chi connectivity index (χ4v) is 3.81. The highest BCUT2D eigenvalue weighted by Gasteiger charge is 2.39. The SMILES string of the molecule is COc1c2c(c(C3CNCCO3)c3c1OC(C)C3)OC(C)C2. The fourth-order valence-electron chi connectivity index (χ4n) is 3.81. The van der Waals surface area contributed by atoms with E-state index in [1.807, 2.05) is 0 Å². The summed E-state index contributed by atoms with van der Waals surface area (Å²) in [6.45, 7) is 6.64. The summed E-state index contributed by atoms with van der Waals surface area (Å²) in [5.41, 5.74) is 3.50. The van der Waals surface area contributed by atoms with Crippen LogP contribution in [0.1, 0.15) is 36.6 Å². The number of benzene rings is 1. The van der Waals surface area contributed by atoms with Gasteiger partial charge >= 0.3 is 0 Å². The van der Waals surface area contributed by atoms with Crippen molar-refractivity contribution in [2.45, 2.75) is 45.0 Å². The molecular formula is C17H23NO4. The third-order valence-electron chi connectivity index (χ3n) is 4.67. The van der Waals surface area contributed by atoms with Gasteiger partial charge in [-0.15, -0.1) is 0 Å². The van der Waals surface area contributed by atoms with E-state index in [9.17, 15) is 0 Å². The van der Waals surface area contributed by atoms with Crippen LogP contribution in [0.2, 0.25) is 0 Å². The monoisotopic (exact) mass is 305 g/mol. The molecular weight excluding hydrogens is 282 g/mol. The van der Waals surface area contributed by atoms with Crippen LogP contribution in [0.5, 0.6) is 17.2 Å². The van der Waals surface area contributed by atoms with Gasteiger partial charge in [0, 0.05) is 42.6 Å². The van der Waals surface area contributed by atoms with E-state index in [1.54, 1.807) is 7.11 Å². The first-order valence-corrected chi connectivity index (χ1v) is 8.10. The Kier molecular flexibility index (Phi) is 3.42. The molecule has 5 heteroatoms. The van der Waals surface area contributed by atoms with Gasteiger partial charge in [-0.05, 0) is 13.8 Å². The van der Waals surface area contributed by atoms with Gasteiger partial charge < -0.3 is 24.3 Å². The van der Waals surface area contributed by atoms with Crippen LogP contribution in [0.15, 0.2) is 0 Å². The van der Waals surface area contributed by atoms with Crippen molar-refractivity contribution >= 4 is 0 Å². The number of nitrogens with one attached hydrogen (secondary N) is 1. The highest BCUT2D eigenvalue weighted by atomic mass is 16.5. The molecule has 0 spiro atoms. The smallest absolute Gasteiger partial charge is 0.168 e. The maximum absolute atomic E-state index is 6.15. The molecule has 3 aliphatic heterocycles. The molecule has 1 aromatic rings. The van der Waals surface area contributed by atoms with Crippen molar-refractivity contribution in [1.29, 1.82) is 0 Å². The van der Waals surface area contributed by atoms with Crippen LogP contribution >= 0.6 is 0 Å². The van der Waals surface area contributed by atoms with Gasteiger partial charge in [0.2, 0.25) is 0 Å². The van der Waals surface area contributed by atoms with Crippen LogP contribution in [0, 0.1) is 0 Å². The van der Waals surface area contributed by atoms with Gasteiger partial charge in [0.25, 0.3) is 0 Å². The standard InChI is InChI=1S/C17H23NO4/c1-9-6-11-14(13-8-18-4-5-20-13)15-12(7-10(2)21-15)16(19-3)17(11)22-9/h9-10,13,18H,4-8H2,1-3H3. The molecule has 1 saturated heterocycles. The number of methoxy groups -OCH3 is 1. The molecule has 120 valence electrons. The van der Waals surface area contributed by atoms with Gasteiger partial charge in [-0.2, -0.15) is 0 Å². The Morgan fingerprint density at radius 2 is 1.77 bits per heavy atom. The second kappa shape index (κ2) is 5.32. The molecule has 0 aliphatic carbocycles. The lowest BCUT2D eigenvalue weighted by atomic mass is 9.93. The van der Waals surface area contributed by atoms with Crippen molar-refractivity contribution in [3.63, 3.8) is 0 Å². The third-order valence-corrected chi connectivity index (χ3v) is 4.67. The van der Waals surface area contributed by atoms with Gasteiger partial charge in [0.05, 0.1) is 19.8 Å². The summed E-state index contributed by atoms with van der Waals surface area (Å²) < 4.78 is 23.9. The number of ether oxygens (including phenoxy) is 4. The number of hydrogen-bond acceptors (Lipinski definition) is 5. The molecule has 3 unspecified atom stereocenters. The Hall–Kier alpha value is -1.46. The van der Waals surface area contributed by atoms with E-state index in [4.69, 9.17) is 18.9 Å². The summed E-state index contributed by atoms with van der Waals surface area (Å²) in [4.78, 5) is 0. The Labute approximate surface area is 130 Å². The predicted molar refractivity (Wildman–Crippen MR) is 82.1 cm³/mol. The Morgan fingerprint density at radius 3 is 2.45 bits per heavy atom.